The molecule has 15 heavy (non-hydrogen) atoms. The topological polar surface area (TPSA) is 27.7 Å². The average Bonchev–Trinajstić information content (AvgIpc) is 2.63. The van der Waals surface area contributed by atoms with Crippen LogP contribution < -0.4 is 0 Å². The highest BCUT2D eigenvalue weighted by Crippen LogP contribution is 2.46. The molecule has 0 spiro atoms. The largest absolute Gasteiger partial charge is 0.313 e. The zero-order chi connectivity index (χ0) is 10.4. The highest BCUT2D eigenvalue weighted by molar-refractivity contribution is 5.34. The lowest BCUT2D eigenvalue weighted by Crippen LogP contribution is -2.28. The summed E-state index contributed by atoms with van der Waals surface area (Å²) in [6.07, 6.45) is -0.578. The molecule has 1 unspecified atom stereocenters. The fourth-order valence-electron chi connectivity index (χ4n) is 2.39. The van der Waals surface area contributed by atoms with Crippen molar-refractivity contribution in [2.24, 2.45) is 5.92 Å². The van der Waals surface area contributed by atoms with Gasteiger partial charge in [-0.2, -0.15) is 4.89 Å². The molecule has 2 heterocycles. The Morgan fingerprint density at radius 3 is 2.53 bits per heavy atom. The molecule has 0 saturated carbocycles. The number of rotatable bonds is 1. The Balaban J connectivity index is 2.11. The average molecular weight is 206 g/mol. The molecule has 3 rings (SSSR count). The first-order valence-corrected chi connectivity index (χ1v) is 5.34. The van der Waals surface area contributed by atoms with E-state index in [0.717, 1.165) is 5.56 Å². The Morgan fingerprint density at radius 2 is 1.80 bits per heavy atom. The molecule has 1 aromatic carbocycles. The normalized spacial score (nSPS) is 33.1. The Hall–Kier alpha value is -0.900. The fraction of sp³-hybridized carbons (Fsp3) is 0.500. The summed E-state index contributed by atoms with van der Waals surface area (Å²) >= 11 is 0. The lowest BCUT2D eigenvalue weighted by Gasteiger charge is -2.30. The van der Waals surface area contributed by atoms with Crippen molar-refractivity contribution >= 4 is 0 Å². The third-order valence-corrected chi connectivity index (χ3v) is 3.12. The maximum Gasteiger partial charge on any atom is 0.220 e. The lowest BCUT2D eigenvalue weighted by molar-refractivity contribution is -0.299. The predicted molar refractivity (Wildman–Crippen MR) is 53.8 cm³/mol. The molecular weight excluding hydrogens is 192 g/mol. The van der Waals surface area contributed by atoms with E-state index >= 15 is 0 Å². The first-order chi connectivity index (χ1) is 7.27. The van der Waals surface area contributed by atoms with Crippen LogP contribution in [0.5, 0.6) is 0 Å². The number of benzene rings is 1. The molecule has 3 atom stereocenters. The molecule has 0 amide bonds. The van der Waals surface area contributed by atoms with Crippen molar-refractivity contribution in [3.63, 3.8) is 0 Å². The van der Waals surface area contributed by atoms with Gasteiger partial charge in [0.1, 0.15) is 0 Å². The van der Waals surface area contributed by atoms with E-state index in [9.17, 15) is 0 Å². The van der Waals surface area contributed by atoms with Gasteiger partial charge in [0.15, 0.2) is 0 Å². The van der Waals surface area contributed by atoms with Crippen molar-refractivity contribution in [2.75, 3.05) is 0 Å². The number of hydrogen-bond acceptors (Lipinski definition) is 3. The highest BCUT2D eigenvalue weighted by atomic mass is 17.3. The van der Waals surface area contributed by atoms with E-state index in [1.807, 2.05) is 12.1 Å². The summed E-state index contributed by atoms with van der Waals surface area (Å²) in [6, 6.07) is 8.24. The van der Waals surface area contributed by atoms with Gasteiger partial charge in [-0.1, -0.05) is 38.1 Å². The number of fused-ring (bicyclic) bond motifs is 4. The van der Waals surface area contributed by atoms with E-state index in [2.05, 4.69) is 26.0 Å². The van der Waals surface area contributed by atoms with Crippen LogP contribution >= 0.6 is 0 Å². The summed E-state index contributed by atoms with van der Waals surface area (Å²) in [5.41, 5.74) is 2.40. The molecule has 1 aromatic rings. The van der Waals surface area contributed by atoms with Gasteiger partial charge in [0.2, 0.25) is 12.6 Å². The first-order valence-electron chi connectivity index (χ1n) is 5.34. The van der Waals surface area contributed by atoms with Crippen LogP contribution in [0.3, 0.4) is 0 Å². The zero-order valence-corrected chi connectivity index (χ0v) is 8.84. The minimum Gasteiger partial charge on any atom is -0.313 e. The van der Waals surface area contributed by atoms with Gasteiger partial charge in [-0.05, 0) is 11.5 Å². The van der Waals surface area contributed by atoms with Crippen LogP contribution in [0.4, 0.5) is 0 Å². The Labute approximate surface area is 88.9 Å². The quantitative estimate of drug-likeness (QED) is 0.661. The van der Waals surface area contributed by atoms with Crippen LogP contribution in [0.15, 0.2) is 24.3 Å². The van der Waals surface area contributed by atoms with E-state index in [-0.39, 0.29) is 18.5 Å². The minimum absolute atomic E-state index is 0.245. The summed E-state index contributed by atoms with van der Waals surface area (Å²) in [5, 5.41) is 0. The van der Waals surface area contributed by atoms with E-state index < -0.39 is 0 Å². The third-order valence-electron chi connectivity index (χ3n) is 3.12. The van der Waals surface area contributed by atoms with Crippen LogP contribution in [-0.2, 0) is 14.5 Å². The van der Waals surface area contributed by atoms with E-state index in [1.165, 1.54) is 5.56 Å². The number of ether oxygens (including phenoxy) is 1. The maximum atomic E-state index is 5.65. The Kier molecular flexibility index (Phi) is 2.06. The van der Waals surface area contributed by atoms with Crippen molar-refractivity contribution in [3.05, 3.63) is 35.4 Å². The fourth-order valence-corrected chi connectivity index (χ4v) is 2.39. The van der Waals surface area contributed by atoms with Crippen molar-refractivity contribution in [3.8, 4) is 0 Å². The number of hydrogen-bond donors (Lipinski definition) is 0. The van der Waals surface area contributed by atoms with Gasteiger partial charge in [-0.15, -0.1) is 0 Å². The monoisotopic (exact) mass is 206 g/mol. The molecule has 0 aromatic heterocycles. The van der Waals surface area contributed by atoms with Gasteiger partial charge in [-0.3, -0.25) is 0 Å². The second-order valence-corrected chi connectivity index (χ2v) is 4.43. The molecule has 3 heteroatoms. The summed E-state index contributed by atoms with van der Waals surface area (Å²) in [7, 11) is 0. The summed E-state index contributed by atoms with van der Waals surface area (Å²) < 4.78 is 5.65. The molecule has 0 aliphatic carbocycles. The molecule has 2 aliphatic rings. The van der Waals surface area contributed by atoms with Crippen LogP contribution in [0.25, 0.3) is 0 Å². The molecule has 0 N–H and O–H groups in total. The van der Waals surface area contributed by atoms with Gasteiger partial charge in [0, 0.05) is 11.5 Å². The highest BCUT2D eigenvalue weighted by Gasteiger charge is 2.44. The molecule has 80 valence electrons. The van der Waals surface area contributed by atoms with E-state index in [0.29, 0.717) is 5.92 Å². The lowest BCUT2D eigenvalue weighted by atomic mass is 9.83. The van der Waals surface area contributed by atoms with Crippen LogP contribution in [-0.4, -0.2) is 6.29 Å². The van der Waals surface area contributed by atoms with Crippen molar-refractivity contribution in [1.82, 2.24) is 0 Å². The maximum absolute atomic E-state index is 5.65. The Bertz CT molecular complexity index is 375. The van der Waals surface area contributed by atoms with Crippen molar-refractivity contribution < 1.29 is 14.5 Å². The predicted octanol–water partition coefficient (Wildman–Crippen LogP) is 2.74. The molecule has 3 nitrogen and oxygen atoms in total. The Morgan fingerprint density at radius 1 is 1.07 bits per heavy atom. The molecule has 1 fully saturated rings. The van der Waals surface area contributed by atoms with E-state index in [1.54, 1.807) is 0 Å². The second-order valence-electron chi connectivity index (χ2n) is 4.43. The molecule has 2 bridgehead atoms. The second kappa shape index (κ2) is 3.30. The van der Waals surface area contributed by atoms with E-state index in [4.69, 9.17) is 14.5 Å². The first kappa shape index (κ1) is 9.33. The smallest absolute Gasteiger partial charge is 0.220 e. The van der Waals surface area contributed by atoms with Gasteiger partial charge in [0.05, 0.1) is 0 Å². The van der Waals surface area contributed by atoms with Gasteiger partial charge in [0.25, 0.3) is 0 Å². The minimum atomic E-state index is -0.332. The summed E-state index contributed by atoms with van der Waals surface area (Å²) in [5.74, 6) is 0.735. The van der Waals surface area contributed by atoms with Crippen LogP contribution in [0, 0.1) is 5.92 Å². The van der Waals surface area contributed by atoms with Crippen molar-refractivity contribution in [1.29, 1.82) is 0 Å². The van der Waals surface area contributed by atoms with Gasteiger partial charge >= 0.3 is 0 Å². The molecular formula is C12H14O3. The summed E-state index contributed by atoms with van der Waals surface area (Å²) in [6.45, 7) is 4.35. The third kappa shape index (κ3) is 1.31. The van der Waals surface area contributed by atoms with Crippen molar-refractivity contribution in [2.45, 2.75) is 32.3 Å². The standard InChI is InChI=1S/C12H14O3/c1-7(2)10-8-5-3-4-6-9(8)11-13-12(10)15-14-11/h3-7,10-12H,1-2H3/t10?,11-,12+/m0/s1. The molecule has 2 aliphatic heterocycles. The van der Waals surface area contributed by atoms with Gasteiger partial charge < -0.3 is 4.74 Å². The van der Waals surface area contributed by atoms with Gasteiger partial charge in [-0.25, -0.2) is 4.89 Å². The van der Waals surface area contributed by atoms with Crippen LogP contribution in [0.2, 0.25) is 0 Å². The summed E-state index contributed by atoms with van der Waals surface area (Å²) in [4.78, 5) is 10.4. The van der Waals surface area contributed by atoms with Crippen LogP contribution in [0.1, 0.15) is 37.2 Å². The molecule has 0 radical (unpaired) electrons. The zero-order valence-electron chi connectivity index (χ0n) is 8.84. The molecule has 1 saturated heterocycles. The SMILES string of the molecule is CC(C)C1c2ccccc2[C@@H]2OO[C@H]1O2.